The van der Waals surface area contributed by atoms with Crippen LogP contribution in [0.3, 0.4) is 0 Å². The van der Waals surface area contributed by atoms with Gasteiger partial charge in [0.25, 0.3) is 0 Å². The maximum Gasteiger partial charge on any atom is 0.224 e. The second kappa shape index (κ2) is 4.58. The first-order chi connectivity index (χ1) is 8.33. The molecule has 1 fully saturated rings. The highest BCUT2D eigenvalue weighted by atomic mass is 35.5. The van der Waals surface area contributed by atoms with E-state index in [1.54, 1.807) is 6.20 Å². The van der Waals surface area contributed by atoms with Crippen molar-refractivity contribution in [2.45, 2.75) is 19.4 Å². The van der Waals surface area contributed by atoms with Gasteiger partial charge in [-0.3, -0.25) is 0 Å². The van der Waals surface area contributed by atoms with Gasteiger partial charge in [0.15, 0.2) is 5.65 Å². The van der Waals surface area contributed by atoms with Crippen molar-refractivity contribution in [3.8, 4) is 0 Å². The lowest BCUT2D eigenvalue weighted by atomic mass is 10.4. The minimum absolute atomic E-state index is 0.278. The molecular formula is C11H14ClN5. The number of nitrogens with zero attached hydrogens (tertiary/aromatic N) is 5. The minimum atomic E-state index is 0.278. The molecule has 0 N–H and O–H groups in total. The second-order valence-electron chi connectivity index (χ2n) is 4.33. The summed E-state index contributed by atoms with van der Waals surface area (Å²) in [5.74, 6) is 0. The number of hydrogen-bond acceptors (Lipinski definition) is 4. The highest BCUT2D eigenvalue weighted by molar-refractivity contribution is 6.28. The van der Waals surface area contributed by atoms with Crippen LogP contribution in [-0.4, -0.2) is 44.1 Å². The molecule has 2 aromatic heterocycles. The summed E-state index contributed by atoms with van der Waals surface area (Å²) in [6.45, 7) is 4.38. The summed E-state index contributed by atoms with van der Waals surface area (Å²) >= 11 is 5.80. The molecule has 17 heavy (non-hydrogen) atoms. The fourth-order valence-corrected chi connectivity index (χ4v) is 2.38. The largest absolute Gasteiger partial charge is 0.314 e. The van der Waals surface area contributed by atoms with E-state index in [4.69, 9.17) is 11.6 Å². The van der Waals surface area contributed by atoms with Crippen molar-refractivity contribution < 1.29 is 0 Å². The van der Waals surface area contributed by atoms with Gasteiger partial charge in [0.2, 0.25) is 5.28 Å². The molecule has 3 heterocycles. The molecular weight excluding hydrogens is 238 g/mol. The Kier molecular flexibility index (Phi) is 2.94. The fourth-order valence-electron chi connectivity index (χ4n) is 2.25. The molecule has 1 aliphatic heterocycles. The molecule has 1 aliphatic rings. The Morgan fingerprint density at radius 1 is 1.18 bits per heavy atom. The maximum absolute atomic E-state index is 5.80. The van der Waals surface area contributed by atoms with Crippen LogP contribution in [0.15, 0.2) is 12.5 Å². The van der Waals surface area contributed by atoms with Crippen LogP contribution >= 0.6 is 11.6 Å². The number of halogens is 1. The summed E-state index contributed by atoms with van der Waals surface area (Å²) in [7, 11) is 0. The van der Waals surface area contributed by atoms with Crippen LogP contribution in [0.4, 0.5) is 0 Å². The van der Waals surface area contributed by atoms with Crippen LogP contribution < -0.4 is 0 Å². The van der Waals surface area contributed by atoms with Gasteiger partial charge in [-0.25, -0.2) is 9.97 Å². The molecule has 0 saturated carbocycles. The van der Waals surface area contributed by atoms with Gasteiger partial charge in [-0.1, -0.05) is 0 Å². The average Bonchev–Trinajstić information content (AvgIpc) is 2.94. The van der Waals surface area contributed by atoms with Gasteiger partial charge in [0.05, 0.1) is 12.5 Å². The van der Waals surface area contributed by atoms with Gasteiger partial charge in [-0.05, 0) is 37.5 Å². The summed E-state index contributed by atoms with van der Waals surface area (Å²) in [6.07, 6.45) is 6.11. The van der Waals surface area contributed by atoms with Gasteiger partial charge in [0.1, 0.15) is 5.52 Å². The summed E-state index contributed by atoms with van der Waals surface area (Å²) in [5.41, 5.74) is 1.63. The monoisotopic (exact) mass is 251 g/mol. The standard InChI is InChI=1S/C11H14ClN5/c12-11-13-7-9-10(15-11)17(8-14-9)6-5-16-3-1-2-4-16/h7-8H,1-6H2. The van der Waals surface area contributed by atoms with Crippen molar-refractivity contribution >= 4 is 22.8 Å². The predicted molar refractivity (Wildman–Crippen MR) is 66.0 cm³/mol. The summed E-state index contributed by atoms with van der Waals surface area (Å²) in [4.78, 5) is 14.9. The zero-order valence-electron chi connectivity index (χ0n) is 9.51. The third kappa shape index (κ3) is 2.25. The van der Waals surface area contributed by atoms with Crippen molar-refractivity contribution in [3.63, 3.8) is 0 Å². The Hall–Kier alpha value is -1.20. The lowest BCUT2D eigenvalue weighted by Gasteiger charge is -2.14. The molecule has 0 aliphatic carbocycles. The highest BCUT2D eigenvalue weighted by Crippen LogP contribution is 2.12. The molecule has 3 rings (SSSR count). The number of imidazole rings is 1. The van der Waals surface area contributed by atoms with Crippen LogP contribution in [0.25, 0.3) is 11.2 Å². The number of hydrogen-bond donors (Lipinski definition) is 0. The van der Waals surface area contributed by atoms with Crippen LogP contribution in [0.1, 0.15) is 12.8 Å². The molecule has 5 nitrogen and oxygen atoms in total. The third-order valence-electron chi connectivity index (χ3n) is 3.18. The summed E-state index contributed by atoms with van der Waals surface area (Å²) in [6, 6.07) is 0. The van der Waals surface area contributed by atoms with E-state index >= 15 is 0 Å². The molecule has 0 atom stereocenters. The smallest absolute Gasteiger partial charge is 0.224 e. The third-order valence-corrected chi connectivity index (χ3v) is 3.37. The summed E-state index contributed by atoms with van der Waals surface area (Å²) < 4.78 is 2.04. The fraction of sp³-hybridized carbons (Fsp3) is 0.545. The lowest BCUT2D eigenvalue weighted by Crippen LogP contribution is -2.23. The van der Waals surface area contributed by atoms with Crippen LogP contribution in [-0.2, 0) is 6.54 Å². The van der Waals surface area contributed by atoms with Gasteiger partial charge in [-0.2, -0.15) is 4.98 Å². The van der Waals surface area contributed by atoms with Crippen molar-refractivity contribution in [1.82, 2.24) is 24.4 Å². The molecule has 6 heteroatoms. The quantitative estimate of drug-likeness (QED) is 0.777. The first kappa shape index (κ1) is 10.9. The zero-order chi connectivity index (χ0) is 11.7. The maximum atomic E-state index is 5.80. The van der Waals surface area contributed by atoms with Gasteiger partial charge in [0, 0.05) is 13.1 Å². The van der Waals surface area contributed by atoms with E-state index in [-0.39, 0.29) is 5.28 Å². The molecule has 1 saturated heterocycles. The molecule has 0 aromatic carbocycles. The SMILES string of the molecule is Clc1ncc2ncn(CCN3CCCC3)c2n1. The highest BCUT2D eigenvalue weighted by Gasteiger charge is 2.12. The average molecular weight is 252 g/mol. The minimum Gasteiger partial charge on any atom is -0.314 e. The van der Waals surface area contributed by atoms with E-state index in [1.807, 2.05) is 10.9 Å². The van der Waals surface area contributed by atoms with Gasteiger partial charge < -0.3 is 9.47 Å². The molecule has 0 unspecified atom stereocenters. The molecule has 0 amide bonds. The van der Waals surface area contributed by atoms with E-state index in [9.17, 15) is 0 Å². The molecule has 0 radical (unpaired) electrons. The summed E-state index contributed by atoms with van der Waals surface area (Å²) in [5, 5.41) is 0.278. The topological polar surface area (TPSA) is 46.8 Å². The van der Waals surface area contributed by atoms with E-state index in [0.29, 0.717) is 0 Å². The van der Waals surface area contributed by atoms with E-state index in [1.165, 1.54) is 25.9 Å². The van der Waals surface area contributed by atoms with Crippen molar-refractivity contribution in [1.29, 1.82) is 0 Å². The Morgan fingerprint density at radius 3 is 2.82 bits per heavy atom. The Bertz CT molecular complexity index is 518. The number of likely N-dealkylation sites (tertiary alicyclic amines) is 1. The Labute approximate surface area is 104 Å². The van der Waals surface area contributed by atoms with Gasteiger partial charge in [-0.15, -0.1) is 0 Å². The predicted octanol–water partition coefficient (Wildman–Crippen LogP) is 1.58. The van der Waals surface area contributed by atoms with Gasteiger partial charge >= 0.3 is 0 Å². The molecule has 0 bridgehead atoms. The van der Waals surface area contributed by atoms with Crippen LogP contribution in [0, 0.1) is 0 Å². The second-order valence-corrected chi connectivity index (χ2v) is 4.67. The van der Waals surface area contributed by atoms with Crippen molar-refractivity contribution in [3.05, 3.63) is 17.8 Å². The van der Waals surface area contributed by atoms with Crippen molar-refractivity contribution in [2.24, 2.45) is 0 Å². The zero-order valence-corrected chi connectivity index (χ0v) is 10.3. The van der Waals surface area contributed by atoms with Crippen LogP contribution in [0.2, 0.25) is 5.28 Å². The normalized spacial score (nSPS) is 17.0. The van der Waals surface area contributed by atoms with Crippen LogP contribution in [0.5, 0.6) is 0 Å². The van der Waals surface area contributed by atoms with E-state index < -0.39 is 0 Å². The van der Waals surface area contributed by atoms with Crippen molar-refractivity contribution in [2.75, 3.05) is 19.6 Å². The molecule has 2 aromatic rings. The first-order valence-corrected chi connectivity index (χ1v) is 6.26. The lowest BCUT2D eigenvalue weighted by molar-refractivity contribution is 0.324. The first-order valence-electron chi connectivity index (χ1n) is 5.89. The molecule has 0 spiro atoms. The van der Waals surface area contributed by atoms with E-state index in [0.717, 1.165) is 24.3 Å². The number of aromatic nitrogens is 4. The number of rotatable bonds is 3. The number of fused-ring (bicyclic) bond motifs is 1. The molecule has 90 valence electrons. The Morgan fingerprint density at radius 2 is 2.00 bits per heavy atom. The Balaban J connectivity index is 1.77. The van der Waals surface area contributed by atoms with E-state index in [2.05, 4.69) is 19.9 Å².